The number of hydrogen-bond donors (Lipinski definition) is 0. The molecule has 3 heteroatoms. The normalized spacial score (nSPS) is 13.5. The van der Waals surface area contributed by atoms with E-state index in [2.05, 4.69) is 165 Å². The zero-order valence-electron chi connectivity index (χ0n) is 29.3. The molecule has 0 spiro atoms. The van der Waals surface area contributed by atoms with E-state index in [4.69, 9.17) is 14.4 Å². The molecule has 8 aromatic carbocycles. The summed E-state index contributed by atoms with van der Waals surface area (Å²) in [6, 6.07) is 62.1. The topological polar surface area (TPSA) is 37.9 Å². The molecule has 0 radical (unpaired) electrons. The molecule has 0 saturated carbocycles. The van der Waals surface area contributed by atoms with Crippen molar-refractivity contribution in [1.29, 1.82) is 0 Å². The van der Waals surface area contributed by atoms with Gasteiger partial charge < -0.3 is 4.42 Å². The first-order chi connectivity index (χ1) is 26.2. The van der Waals surface area contributed by atoms with Crippen LogP contribution in [-0.4, -0.2) is 11.5 Å². The van der Waals surface area contributed by atoms with Crippen LogP contribution in [0.2, 0.25) is 0 Å². The van der Waals surface area contributed by atoms with Gasteiger partial charge >= 0.3 is 0 Å². The molecule has 9 aromatic rings. The summed E-state index contributed by atoms with van der Waals surface area (Å²) in [4.78, 5) is 10.9. The lowest BCUT2D eigenvalue weighted by atomic mass is 9.94. The summed E-state index contributed by atoms with van der Waals surface area (Å²) < 4.78 is 6.76. The highest BCUT2D eigenvalue weighted by Crippen LogP contribution is 2.41. The Hall–Kier alpha value is -6.84. The predicted molar refractivity (Wildman–Crippen MR) is 223 cm³/mol. The highest BCUT2D eigenvalue weighted by molar-refractivity contribution is 6.25. The molecule has 0 saturated heterocycles. The average molecular weight is 679 g/mol. The van der Waals surface area contributed by atoms with E-state index in [0.717, 1.165) is 61.2 Å². The Morgan fingerprint density at radius 2 is 1.11 bits per heavy atom. The minimum atomic E-state index is 0.676. The zero-order valence-corrected chi connectivity index (χ0v) is 29.3. The number of amidine groups is 1. The van der Waals surface area contributed by atoms with Crippen molar-refractivity contribution in [1.82, 2.24) is 0 Å². The van der Waals surface area contributed by atoms with E-state index in [1.165, 1.54) is 38.2 Å². The lowest BCUT2D eigenvalue weighted by Crippen LogP contribution is -2.06. The molecule has 1 aliphatic rings. The van der Waals surface area contributed by atoms with Crippen molar-refractivity contribution in [3.63, 3.8) is 0 Å². The Kier molecular flexibility index (Phi) is 7.43. The fourth-order valence-electron chi connectivity index (χ4n) is 7.83. The molecule has 10 rings (SSSR count). The van der Waals surface area contributed by atoms with Crippen LogP contribution in [0.1, 0.15) is 30.0 Å². The molecule has 250 valence electrons. The predicted octanol–water partition coefficient (Wildman–Crippen LogP) is 13.3. The van der Waals surface area contributed by atoms with E-state index in [1.54, 1.807) is 0 Å². The Morgan fingerprint density at radius 3 is 1.96 bits per heavy atom. The highest BCUT2D eigenvalue weighted by Gasteiger charge is 2.23. The summed E-state index contributed by atoms with van der Waals surface area (Å²) in [7, 11) is 0. The molecule has 53 heavy (non-hydrogen) atoms. The minimum absolute atomic E-state index is 0.676. The second kappa shape index (κ2) is 12.7. The molecule has 0 bridgehead atoms. The fourth-order valence-corrected chi connectivity index (χ4v) is 7.83. The van der Waals surface area contributed by atoms with Gasteiger partial charge in [-0.05, 0) is 80.6 Å². The van der Waals surface area contributed by atoms with E-state index in [0.29, 0.717) is 12.3 Å². The summed E-state index contributed by atoms with van der Waals surface area (Å²) >= 11 is 0. The number of rotatable bonds is 5. The van der Waals surface area contributed by atoms with E-state index < -0.39 is 0 Å². The van der Waals surface area contributed by atoms with Crippen LogP contribution >= 0.6 is 0 Å². The van der Waals surface area contributed by atoms with E-state index >= 15 is 0 Å². The first kappa shape index (κ1) is 30.9. The number of hydrogen-bond acceptors (Lipinski definition) is 3. The molecule has 0 fully saturated rings. The molecule has 3 nitrogen and oxygen atoms in total. The molecule has 0 atom stereocenters. The van der Waals surface area contributed by atoms with Gasteiger partial charge in [-0.3, -0.25) is 0 Å². The standard InChI is InChI=1S/C50H34N2O/c1-32-30-45(36-14-3-2-4-15-36)51-50(52-48(32)37-25-22-34(23-26-37)39-27-24-33-12-5-6-16-38(33)31-39)44-29-28-42(41-20-11-17-35-13-7-8-18-40(35)41)49-47(44)43-19-9-10-21-46(43)53-49/h2-29,31H,30H2,1H3. The number of aliphatic imine (C=N–C) groups is 2. The number of nitrogens with zero attached hydrogens (tertiary/aromatic N) is 2. The molecule has 0 unspecified atom stereocenters. The number of benzene rings is 8. The molecule has 0 aliphatic carbocycles. The number of para-hydroxylation sites is 1. The second-order valence-corrected chi connectivity index (χ2v) is 13.8. The van der Waals surface area contributed by atoms with Gasteiger partial charge in [0, 0.05) is 33.9 Å². The second-order valence-electron chi connectivity index (χ2n) is 13.8. The molecule has 1 aliphatic heterocycles. The Balaban J connectivity index is 1.16. The largest absolute Gasteiger partial charge is 0.455 e. The van der Waals surface area contributed by atoms with Crippen molar-refractivity contribution in [2.45, 2.75) is 13.3 Å². The summed E-state index contributed by atoms with van der Waals surface area (Å²) in [5.41, 5.74) is 12.4. The Bertz CT molecular complexity index is 2960. The highest BCUT2D eigenvalue weighted by atomic mass is 16.3. The SMILES string of the molecule is CC1=C(c2ccc(-c3ccc4ccccc4c3)cc2)N=C(c2ccc(-c3cccc4ccccc34)c3oc4ccccc4c23)N=C(c2ccccc2)C1. The van der Waals surface area contributed by atoms with Gasteiger partial charge in [-0.15, -0.1) is 0 Å². The number of allylic oxidation sites excluding steroid dienone is 1. The molecular formula is C50H34N2O. The summed E-state index contributed by atoms with van der Waals surface area (Å²) in [5, 5.41) is 6.93. The van der Waals surface area contributed by atoms with Gasteiger partial charge in [-0.1, -0.05) is 152 Å². The van der Waals surface area contributed by atoms with Gasteiger partial charge in [0.15, 0.2) is 5.84 Å². The van der Waals surface area contributed by atoms with E-state index in [-0.39, 0.29) is 0 Å². The zero-order chi connectivity index (χ0) is 35.3. The first-order valence-electron chi connectivity index (χ1n) is 18.1. The smallest absolute Gasteiger partial charge is 0.160 e. The van der Waals surface area contributed by atoms with Gasteiger partial charge in [0.05, 0.1) is 11.4 Å². The van der Waals surface area contributed by atoms with Crippen molar-refractivity contribution in [2.75, 3.05) is 0 Å². The van der Waals surface area contributed by atoms with Crippen LogP contribution in [0.25, 0.3) is 71.4 Å². The van der Waals surface area contributed by atoms with Crippen molar-refractivity contribution in [3.8, 4) is 22.3 Å². The van der Waals surface area contributed by atoms with Crippen molar-refractivity contribution in [3.05, 3.63) is 198 Å². The van der Waals surface area contributed by atoms with Gasteiger partial charge in [-0.25, -0.2) is 9.98 Å². The van der Waals surface area contributed by atoms with Crippen molar-refractivity contribution >= 4 is 60.7 Å². The van der Waals surface area contributed by atoms with Gasteiger partial charge in [0.1, 0.15) is 11.2 Å². The van der Waals surface area contributed by atoms with Crippen LogP contribution in [0.5, 0.6) is 0 Å². The quantitative estimate of drug-likeness (QED) is 0.179. The van der Waals surface area contributed by atoms with Crippen LogP contribution < -0.4 is 0 Å². The van der Waals surface area contributed by atoms with Crippen LogP contribution in [-0.2, 0) is 0 Å². The molecule has 0 amide bonds. The molecule has 0 N–H and O–H groups in total. The third kappa shape index (κ3) is 5.46. The van der Waals surface area contributed by atoms with Crippen molar-refractivity contribution < 1.29 is 4.42 Å². The van der Waals surface area contributed by atoms with Crippen LogP contribution in [0.4, 0.5) is 0 Å². The van der Waals surface area contributed by atoms with Crippen LogP contribution in [0, 0.1) is 0 Å². The van der Waals surface area contributed by atoms with Crippen molar-refractivity contribution in [2.24, 2.45) is 9.98 Å². The summed E-state index contributed by atoms with van der Waals surface area (Å²) in [6.07, 6.45) is 0.683. The van der Waals surface area contributed by atoms with Gasteiger partial charge in [0.2, 0.25) is 0 Å². The molecular weight excluding hydrogens is 645 g/mol. The van der Waals surface area contributed by atoms with E-state index in [1.807, 2.05) is 18.2 Å². The van der Waals surface area contributed by atoms with E-state index in [9.17, 15) is 0 Å². The first-order valence-corrected chi connectivity index (χ1v) is 18.1. The van der Waals surface area contributed by atoms with Crippen LogP contribution in [0.15, 0.2) is 196 Å². The average Bonchev–Trinajstić information content (AvgIpc) is 3.52. The summed E-state index contributed by atoms with van der Waals surface area (Å²) in [6.45, 7) is 2.18. The third-order valence-corrected chi connectivity index (χ3v) is 10.5. The molecule has 2 heterocycles. The van der Waals surface area contributed by atoms with Crippen LogP contribution in [0.3, 0.4) is 0 Å². The third-order valence-electron chi connectivity index (χ3n) is 10.5. The summed E-state index contributed by atoms with van der Waals surface area (Å²) in [5.74, 6) is 0.676. The minimum Gasteiger partial charge on any atom is -0.455 e. The Labute approximate surface area is 307 Å². The lowest BCUT2D eigenvalue weighted by molar-refractivity contribution is 0.670. The number of furan rings is 1. The molecule has 1 aromatic heterocycles. The maximum absolute atomic E-state index is 6.76. The van der Waals surface area contributed by atoms with Gasteiger partial charge in [0.25, 0.3) is 0 Å². The number of fused-ring (bicyclic) bond motifs is 5. The monoisotopic (exact) mass is 678 g/mol. The maximum Gasteiger partial charge on any atom is 0.160 e. The lowest BCUT2D eigenvalue weighted by Gasteiger charge is -2.12. The van der Waals surface area contributed by atoms with Gasteiger partial charge in [-0.2, -0.15) is 0 Å². The maximum atomic E-state index is 6.76. The fraction of sp³-hybridized carbons (Fsp3) is 0.0400. The Morgan fingerprint density at radius 1 is 0.453 bits per heavy atom.